The number of rotatable bonds is 1. The molecule has 2 rings (SSSR count). The van der Waals surface area contributed by atoms with Gasteiger partial charge in [-0.25, -0.2) is 0 Å². The zero-order valence-corrected chi connectivity index (χ0v) is 9.83. The highest BCUT2D eigenvalue weighted by Crippen LogP contribution is 2.08. The molecular formula is C10H18ClN3O. The normalized spacial score (nSPS) is 17.2. The van der Waals surface area contributed by atoms with Crippen LogP contribution in [0.25, 0.3) is 0 Å². The van der Waals surface area contributed by atoms with Gasteiger partial charge in [0.1, 0.15) is 0 Å². The second-order valence-electron chi connectivity index (χ2n) is 2.86. The van der Waals surface area contributed by atoms with Crippen molar-refractivity contribution in [1.82, 2.24) is 10.2 Å². The molecule has 1 N–H and O–H groups in total. The Kier molecular flexibility index (Phi) is 8.87. The van der Waals surface area contributed by atoms with Gasteiger partial charge in [0.2, 0.25) is 5.91 Å². The third-order valence-electron chi connectivity index (χ3n) is 1.90. The van der Waals surface area contributed by atoms with E-state index in [0.29, 0.717) is 6.42 Å². The van der Waals surface area contributed by atoms with Gasteiger partial charge in [-0.3, -0.25) is 9.79 Å². The van der Waals surface area contributed by atoms with Crippen molar-refractivity contribution in [1.29, 1.82) is 0 Å². The molecule has 86 valence electrons. The van der Waals surface area contributed by atoms with Crippen molar-refractivity contribution in [3.8, 4) is 0 Å². The van der Waals surface area contributed by atoms with Crippen LogP contribution in [0.15, 0.2) is 17.8 Å². The first kappa shape index (κ1) is 14.0. The van der Waals surface area contributed by atoms with Crippen LogP contribution in [0.4, 0.5) is 0 Å². The topological polar surface area (TPSA) is 44.7 Å². The highest BCUT2D eigenvalue weighted by molar-refractivity contribution is 6.15. The van der Waals surface area contributed by atoms with Crippen molar-refractivity contribution in [2.45, 2.75) is 12.8 Å². The number of alkyl halides is 1. The molecule has 0 saturated carbocycles. The lowest BCUT2D eigenvalue weighted by Crippen LogP contribution is -2.16. The molecule has 0 atom stereocenters. The van der Waals surface area contributed by atoms with E-state index >= 15 is 0 Å². The Morgan fingerprint density at radius 2 is 2.40 bits per heavy atom. The van der Waals surface area contributed by atoms with E-state index in [2.05, 4.69) is 28.5 Å². The molecule has 1 amide bonds. The van der Waals surface area contributed by atoms with Crippen LogP contribution < -0.4 is 5.32 Å². The van der Waals surface area contributed by atoms with Gasteiger partial charge in [0.25, 0.3) is 0 Å². The van der Waals surface area contributed by atoms with Crippen LogP contribution in [0, 0.1) is 0 Å². The fraction of sp³-hybridized carbons (Fsp3) is 0.600. The molecule has 2 heterocycles. The number of hydrogen-bond donors (Lipinski definition) is 1. The number of likely N-dealkylation sites (tertiary alicyclic amines) is 1. The van der Waals surface area contributed by atoms with Crippen molar-refractivity contribution in [2.75, 3.05) is 26.0 Å². The lowest BCUT2D eigenvalue weighted by molar-refractivity contribution is -0.125. The van der Waals surface area contributed by atoms with Crippen LogP contribution in [0.5, 0.6) is 0 Å². The van der Waals surface area contributed by atoms with Crippen LogP contribution in [0.1, 0.15) is 12.8 Å². The maximum atomic E-state index is 10.7. The molecule has 5 heteroatoms. The molecule has 4 nitrogen and oxygen atoms in total. The summed E-state index contributed by atoms with van der Waals surface area (Å²) in [6, 6.07) is 0. The van der Waals surface area contributed by atoms with Crippen LogP contribution >= 0.6 is 11.6 Å². The van der Waals surface area contributed by atoms with Crippen LogP contribution in [0.2, 0.25) is 0 Å². The molecule has 2 aliphatic rings. The molecule has 15 heavy (non-hydrogen) atoms. The Morgan fingerprint density at radius 1 is 1.67 bits per heavy atom. The van der Waals surface area contributed by atoms with Gasteiger partial charge in [-0.15, -0.1) is 11.6 Å². The Bertz CT molecular complexity index is 213. The molecule has 0 unspecified atom stereocenters. The van der Waals surface area contributed by atoms with Crippen molar-refractivity contribution in [3.63, 3.8) is 0 Å². The van der Waals surface area contributed by atoms with E-state index in [1.165, 1.54) is 6.38 Å². The van der Waals surface area contributed by atoms with E-state index < -0.39 is 0 Å². The number of hydrogen-bond acceptors (Lipinski definition) is 3. The van der Waals surface area contributed by atoms with E-state index in [4.69, 9.17) is 0 Å². The number of nitrogens with one attached hydrogen (secondary N) is 1. The fourth-order valence-electron chi connectivity index (χ4n) is 1.18. The monoisotopic (exact) mass is 231 g/mol. The van der Waals surface area contributed by atoms with Gasteiger partial charge in [0.15, 0.2) is 0 Å². The van der Waals surface area contributed by atoms with Crippen molar-refractivity contribution in [2.24, 2.45) is 4.99 Å². The zero-order chi connectivity index (χ0) is 11.5. The number of amides is 1. The maximum absolute atomic E-state index is 10.7. The Balaban J connectivity index is 0.000000241. The SMILES string of the molecule is C1=NCCN1.C=CN1CCCC1=O.CCl. The largest absolute Gasteiger partial charge is 0.375 e. The van der Waals surface area contributed by atoms with Gasteiger partial charge in [-0.05, 0) is 12.6 Å². The lowest BCUT2D eigenvalue weighted by atomic mass is 10.4. The van der Waals surface area contributed by atoms with Crippen LogP contribution in [0.3, 0.4) is 0 Å². The smallest absolute Gasteiger partial charge is 0.226 e. The van der Waals surface area contributed by atoms with Gasteiger partial charge < -0.3 is 10.2 Å². The molecular weight excluding hydrogens is 214 g/mol. The minimum atomic E-state index is 0.208. The summed E-state index contributed by atoms with van der Waals surface area (Å²) in [4.78, 5) is 16.2. The quantitative estimate of drug-likeness (QED) is 0.690. The molecule has 0 radical (unpaired) electrons. The van der Waals surface area contributed by atoms with Gasteiger partial charge in [-0.1, -0.05) is 6.58 Å². The Labute approximate surface area is 96.0 Å². The molecule has 0 aromatic rings. The van der Waals surface area contributed by atoms with Crippen molar-refractivity contribution < 1.29 is 4.79 Å². The van der Waals surface area contributed by atoms with Crippen LogP contribution in [-0.4, -0.2) is 43.2 Å². The average Bonchev–Trinajstić information content (AvgIpc) is 2.94. The first-order valence-electron chi connectivity index (χ1n) is 4.86. The predicted molar refractivity (Wildman–Crippen MR) is 64.3 cm³/mol. The molecule has 1 saturated heterocycles. The molecule has 0 aliphatic carbocycles. The summed E-state index contributed by atoms with van der Waals surface area (Å²) >= 11 is 4.64. The molecule has 2 aliphatic heterocycles. The average molecular weight is 232 g/mol. The van der Waals surface area contributed by atoms with Crippen molar-refractivity contribution >= 4 is 23.8 Å². The minimum absolute atomic E-state index is 0.208. The van der Waals surface area contributed by atoms with E-state index in [1.54, 1.807) is 17.4 Å². The van der Waals surface area contributed by atoms with Gasteiger partial charge in [-0.2, -0.15) is 0 Å². The number of nitrogens with zero attached hydrogens (tertiary/aromatic N) is 2. The summed E-state index contributed by atoms with van der Waals surface area (Å²) in [5.41, 5.74) is 0. The molecule has 0 bridgehead atoms. The van der Waals surface area contributed by atoms with Gasteiger partial charge in [0, 0.05) is 25.9 Å². The second-order valence-corrected chi connectivity index (χ2v) is 2.86. The van der Waals surface area contributed by atoms with E-state index in [1.807, 2.05) is 0 Å². The summed E-state index contributed by atoms with van der Waals surface area (Å²) in [6.07, 6.45) is 6.49. The van der Waals surface area contributed by atoms with E-state index in [-0.39, 0.29) is 5.91 Å². The fourth-order valence-corrected chi connectivity index (χ4v) is 1.18. The van der Waals surface area contributed by atoms with Crippen molar-refractivity contribution in [3.05, 3.63) is 12.8 Å². The third kappa shape index (κ3) is 6.12. The number of halogens is 1. The Hall–Kier alpha value is -1.03. The highest BCUT2D eigenvalue weighted by atomic mass is 35.5. The lowest BCUT2D eigenvalue weighted by Gasteiger charge is -2.05. The number of aliphatic imine (C=N–C) groups is 1. The highest BCUT2D eigenvalue weighted by Gasteiger charge is 2.15. The number of carbonyl (C=O) groups excluding carboxylic acids is 1. The minimum Gasteiger partial charge on any atom is -0.375 e. The first-order chi connectivity index (χ1) is 7.34. The number of carbonyl (C=O) groups is 1. The zero-order valence-electron chi connectivity index (χ0n) is 9.08. The molecule has 1 fully saturated rings. The predicted octanol–water partition coefficient (Wildman–Crippen LogP) is 1.23. The summed E-state index contributed by atoms with van der Waals surface area (Å²) in [6.45, 7) is 6.35. The second kappa shape index (κ2) is 9.52. The summed E-state index contributed by atoms with van der Waals surface area (Å²) in [5, 5.41) is 2.93. The van der Waals surface area contributed by atoms with Gasteiger partial charge >= 0.3 is 0 Å². The third-order valence-corrected chi connectivity index (χ3v) is 1.90. The van der Waals surface area contributed by atoms with Gasteiger partial charge in [0.05, 0.1) is 12.9 Å². The molecule has 0 aromatic carbocycles. The standard InChI is InChI=1S/C6H9NO.C3H6N2.CH3Cl/c1-2-7-5-3-4-6(7)8;1-2-5-3-4-1;1-2/h2H,1,3-5H2;3H,1-2H2,(H,4,5);1H3. The summed E-state index contributed by atoms with van der Waals surface area (Å²) < 4.78 is 0. The molecule has 0 aromatic heterocycles. The Morgan fingerprint density at radius 3 is 2.60 bits per heavy atom. The van der Waals surface area contributed by atoms with Crippen LogP contribution in [-0.2, 0) is 4.79 Å². The summed E-state index contributed by atoms with van der Waals surface area (Å²) in [7, 11) is 0. The first-order valence-corrected chi connectivity index (χ1v) is 5.61. The summed E-state index contributed by atoms with van der Waals surface area (Å²) in [5.74, 6) is 0.208. The van der Waals surface area contributed by atoms with E-state index in [9.17, 15) is 4.79 Å². The maximum Gasteiger partial charge on any atom is 0.226 e. The van der Waals surface area contributed by atoms with E-state index in [0.717, 1.165) is 26.1 Å². The molecule has 0 spiro atoms.